The van der Waals surface area contributed by atoms with E-state index >= 15 is 0 Å². The van der Waals surface area contributed by atoms with E-state index in [-0.39, 0.29) is 5.41 Å². The fourth-order valence-corrected chi connectivity index (χ4v) is 9.08. The van der Waals surface area contributed by atoms with Crippen molar-refractivity contribution in [2.24, 2.45) is 9.98 Å². The van der Waals surface area contributed by atoms with Crippen LogP contribution in [0.5, 0.6) is 0 Å². The fourth-order valence-electron chi connectivity index (χ4n) is 9.08. The summed E-state index contributed by atoms with van der Waals surface area (Å²) in [7, 11) is 0. The molecule has 0 spiro atoms. The molecule has 8 aromatic carbocycles. The first-order valence-electron chi connectivity index (χ1n) is 18.5. The van der Waals surface area contributed by atoms with Gasteiger partial charge < -0.3 is 0 Å². The molecular formula is C50H35N3. The molecule has 0 saturated carbocycles. The van der Waals surface area contributed by atoms with Gasteiger partial charge in [0.1, 0.15) is 5.82 Å². The van der Waals surface area contributed by atoms with Gasteiger partial charge in [0.25, 0.3) is 0 Å². The van der Waals surface area contributed by atoms with Gasteiger partial charge in [0, 0.05) is 33.6 Å². The zero-order valence-corrected chi connectivity index (χ0v) is 29.6. The Hall–Kier alpha value is -6.58. The molecule has 1 aliphatic carbocycles. The summed E-state index contributed by atoms with van der Waals surface area (Å²) in [5, 5.41) is 9.87. The van der Waals surface area contributed by atoms with Crippen molar-refractivity contribution in [3.05, 3.63) is 186 Å². The van der Waals surface area contributed by atoms with Gasteiger partial charge in [-0.1, -0.05) is 153 Å². The second-order valence-corrected chi connectivity index (χ2v) is 14.9. The van der Waals surface area contributed by atoms with E-state index in [1.807, 2.05) is 0 Å². The highest BCUT2D eigenvalue weighted by molar-refractivity contribution is 6.33. The fraction of sp³-hybridized carbons (Fsp3) is 0.0800. The molecule has 0 bridgehead atoms. The number of hydrogen-bond donors (Lipinski definition) is 0. The van der Waals surface area contributed by atoms with Crippen molar-refractivity contribution in [3.63, 3.8) is 0 Å². The van der Waals surface area contributed by atoms with E-state index in [0.29, 0.717) is 6.42 Å². The normalized spacial score (nSPS) is 15.0. The van der Waals surface area contributed by atoms with Gasteiger partial charge in [-0.15, -0.1) is 0 Å². The molecule has 250 valence electrons. The number of fused-ring (bicyclic) bond motifs is 12. The predicted molar refractivity (Wildman–Crippen MR) is 224 cm³/mol. The van der Waals surface area contributed by atoms with Crippen molar-refractivity contribution < 1.29 is 0 Å². The Labute approximate surface area is 307 Å². The minimum absolute atomic E-state index is 0.0746. The molecule has 53 heavy (non-hydrogen) atoms. The van der Waals surface area contributed by atoms with Crippen molar-refractivity contribution in [1.29, 1.82) is 0 Å². The van der Waals surface area contributed by atoms with Crippen molar-refractivity contribution in [2.45, 2.75) is 25.7 Å². The van der Waals surface area contributed by atoms with Gasteiger partial charge in [0.15, 0.2) is 5.84 Å². The molecule has 3 heteroatoms. The van der Waals surface area contributed by atoms with Gasteiger partial charge in [-0.05, 0) is 79.0 Å². The van der Waals surface area contributed by atoms with E-state index < -0.39 is 0 Å². The molecule has 0 fully saturated rings. The maximum Gasteiger partial charge on any atom is 0.161 e. The number of benzene rings is 8. The van der Waals surface area contributed by atoms with Crippen LogP contribution >= 0.6 is 0 Å². The van der Waals surface area contributed by atoms with Crippen LogP contribution in [0.2, 0.25) is 0 Å². The molecule has 9 aromatic rings. The summed E-state index contributed by atoms with van der Waals surface area (Å²) in [6.07, 6.45) is 2.93. The molecule has 0 radical (unpaired) electrons. The zero-order chi connectivity index (χ0) is 35.3. The monoisotopic (exact) mass is 677 g/mol. The van der Waals surface area contributed by atoms with Crippen LogP contribution in [0.4, 0.5) is 0 Å². The highest BCUT2D eigenvalue weighted by Gasteiger charge is 2.35. The van der Waals surface area contributed by atoms with Gasteiger partial charge in [-0.3, -0.25) is 4.57 Å². The first-order valence-corrected chi connectivity index (χ1v) is 18.5. The lowest BCUT2D eigenvalue weighted by Gasteiger charge is -2.21. The number of amidine groups is 1. The summed E-state index contributed by atoms with van der Waals surface area (Å²) in [6, 6.07) is 57.3. The quantitative estimate of drug-likeness (QED) is 0.167. The van der Waals surface area contributed by atoms with E-state index in [4.69, 9.17) is 9.98 Å². The maximum absolute atomic E-state index is 5.60. The molecule has 1 aliphatic heterocycles. The Balaban J connectivity index is 1.24. The Morgan fingerprint density at radius 1 is 0.509 bits per heavy atom. The Morgan fingerprint density at radius 3 is 1.96 bits per heavy atom. The smallest absolute Gasteiger partial charge is 0.161 e. The number of aliphatic imine (C=N–C) groups is 2. The average molecular weight is 678 g/mol. The molecular weight excluding hydrogens is 643 g/mol. The van der Waals surface area contributed by atoms with Gasteiger partial charge in [0.2, 0.25) is 0 Å². The second kappa shape index (κ2) is 11.2. The summed E-state index contributed by atoms with van der Waals surface area (Å²) in [5.74, 6) is 1.60. The summed E-state index contributed by atoms with van der Waals surface area (Å²) < 4.78 is 2.42. The van der Waals surface area contributed by atoms with Crippen LogP contribution in [-0.2, 0) is 5.41 Å². The van der Waals surface area contributed by atoms with Crippen LogP contribution in [0.3, 0.4) is 0 Å². The molecule has 0 saturated heterocycles. The van der Waals surface area contributed by atoms with Crippen molar-refractivity contribution in [3.8, 4) is 11.1 Å². The van der Waals surface area contributed by atoms with E-state index in [0.717, 1.165) is 34.0 Å². The molecule has 0 N–H and O–H groups in total. The Bertz CT molecular complexity index is 3100. The van der Waals surface area contributed by atoms with E-state index in [9.17, 15) is 0 Å². The number of allylic oxidation sites excluding steroid dienone is 1. The number of hydrogen-bond acceptors (Lipinski definition) is 2. The lowest BCUT2D eigenvalue weighted by molar-refractivity contribution is 0.660. The molecule has 2 aliphatic rings. The van der Waals surface area contributed by atoms with Crippen molar-refractivity contribution >= 4 is 71.5 Å². The molecule has 2 heterocycles. The number of rotatable bonds is 3. The van der Waals surface area contributed by atoms with Crippen molar-refractivity contribution in [2.75, 3.05) is 0 Å². The third kappa shape index (κ3) is 4.41. The first-order chi connectivity index (χ1) is 26.0. The standard InChI is InChI=1S/C50H35N3/c1-50(2)42-23-13-12-20-37(42)40-29-34(24-25-43(40)50)49-51-44(31-14-4-3-5-15-31)26-27-46(52-49)53-45-30-33-17-7-6-16-32(33)28-41(45)47-38-21-10-8-18-35(38)36-19-9-11-22-39(36)48(47)53/h3-25,27-30H,26H2,1-2H3. The van der Waals surface area contributed by atoms with E-state index in [2.05, 4.69) is 182 Å². The topological polar surface area (TPSA) is 29.6 Å². The Kier molecular flexibility index (Phi) is 6.36. The predicted octanol–water partition coefficient (Wildman–Crippen LogP) is 12.7. The van der Waals surface area contributed by atoms with Crippen molar-refractivity contribution in [1.82, 2.24) is 4.57 Å². The van der Waals surface area contributed by atoms with Crippen LogP contribution in [0.1, 0.15) is 42.5 Å². The lowest BCUT2D eigenvalue weighted by Crippen LogP contribution is -2.15. The summed E-state index contributed by atoms with van der Waals surface area (Å²) in [6.45, 7) is 4.65. The van der Waals surface area contributed by atoms with Gasteiger partial charge in [0.05, 0.1) is 16.7 Å². The van der Waals surface area contributed by atoms with Crippen LogP contribution in [0, 0.1) is 0 Å². The third-order valence-corrected chi connectivity index (χ3v) is 11.6. The molecule has 0 unspecified atom stereocenters. The first kappa shape index (κ1) is 30.1. The van der Waals surface area contributed by atoms with Gasteiger partial charge in [-0.25, -0.2) is 9.98 Å². The molecule has 0 atom stereocenters. The second-order valence-electron chi connectivity index (χ2n) is 14.9. The SMILES string of the molecule is CC1(C)c2ccccc2-c2cc(C3=NC(n4c5cc6ccccc6cc5c5c6ccccc6c6ccccc6c54)=CCC(c4ccccc4)=N3)ccc21. The summed E-state index contributed by atoms with van der Waals surface area (Å²) in [5.41, 5.74) is 10.6. The van der Waals surface area contributed by atoms with E-state index in [1.165, 1.54) is 70.9 Å². The highest BCUT2D eigenvalue weighted by atomic mass is 15.1. The summed E-state index contributed by atoms with van der Waals surface area (Å²) in [4.78, 5) is 11.0. The number of nitrogens with zero attached hydrogens (tertiary/aromatic N) is 3. The minimum Gasteiger partial charge on any atom is -0.293 e. The maximum atomic E-state index is 5.60. The third-order valence-electron chi connectivity index (χ3n) is 11.6. The molecule has 11 rings (SSSR count). The zero-order valence-electron chi connectivity index (χ0n) is 29.6. The minimum atomic E-state index is -0.0746. The molecule has 1 aromatic heterocycles. The van der Waals surface area contributed by atoms with Gasteiger partial charge >= 0.3 is 0 Å². The molecule has 0 amide bonds. The lowest BCUT2D eigenvalue weighted by atomic mass is 9.82. The van der Waals surface area contributed by atoms with E-state index in [1.54, 1.807) is 0 Å². The average Bonchev–Trinajstić information content (AvgIpc) is 3.53. The molecule has 3 nitrogen and oxygen atoms in total. The van der Waals surface area contributed by atoms with Crippen LogP contribution in [0.15, 0.2) is 174 Å². The highest BCUT2D eigenvalue weighted by Crippen LogP contribution is 2.49. The van der Waals surface area contributed by atoms with Crippen LogP contribution < -0.4 is 0 Å². The summed E-state index contributed by atoms with van der Waals surface area (Å²) >= 11 is 0. The Morgan fingerprint density at radius 2 is 1.15 bits per heavy atom. The number of aromatic nitrogens is 1. The largest absolute Gasteiger partial charge is 0.293 e. The van der Waals surface area contributed by atoms with Gasteiger partial charge in [-0.2, -0.15) is 0 Å². The van der Waals surface area contributed by atoms with Crippen LogP contribution in [0.25, 0.3) is 71.1 Å². The van der Waals surface area contributed by atoms with Crippen LogP contribution in [-0.4, -0.2) is 16.1 Å².